The van der Waals surface area contributed by atoms with Crippen LogP contribution in [0.15, 0.2) is 33.4 Å². The fraction of sp³-hybridized carbons (Fsp3) is 0.0909. The number of nitrogens with zero attached hydrogens (tertiary/aromatic N) is 2. The van der Waals surface area contributed by atoms with Crippen molar-refractivity contribution < 1.29 is 4.74 Å². The maximum Gasteiger partial charge on any atom is 0.161 e. The second-order valence-electron chi connectivity index (χ2n) is 3.03. The van der Waals surface area contributed by atoms with E-state index in [-0.39, 0.29) is 5.15 Å². The van der Waals surface area contributed by atoms with Crippen LogP contribution >= 0.6 is 34.9 Å². The molecule has 1 aromatic carbocycles. The lowest BCUT2D eigenvalue weighted by molar-refractivity contribution is 0.414. The van der Waals surface area contributed by atoms with Crippen LogP contribution in [0.4, 0.5) is 0 Å². The first-order chi connectivity index (χ1) is 8.24. The average molecular weight is 283 g/mol. The molecule has 0 atom stereocenters. The highest BCUT2D eigenvalue weighted by Crippen LogP contribution is 2.36. The van der Waals surface area contributed by atoms with Crippen molar-refractivity contribution in [1.29, 1.82) is 5.26 Å². The van der Waals surface area contributed by atoms with E-state index in [2.05, 4.69) is 10.4 Å². The van der Waals surface area contributed by atoms with E-state index >= 15 is 0 Å². The number of nitriles is 1. The van der Waals surface area contributed by atoms with Gasteiger partial charge in [-0.3, -0.25) is 0 Å². The van der Waals surface area contributed by atoms with E-state index in [1.165, 1.54) is 23.3 Å². The summed E-state index contributed by atoms with van der Waals surface area (Å²) >= 11 is 8.51. The molecule has 0 spiro atoms. The molecule has 0 aliphatic carbocycles. The molecule has 0 amide bonds. The average Bonchev–Trinajstić information content (AvgIpc) is 2.71. The van der Waals surface area contributed by atoms with Gasteiger partial charge in [-0.15, -0.1) is 0 Å². The largest absolute Gasteiger partial charge is 0.497 e. The van der Waals surface area contributed by atoms with Gasteiger partial charge in [0, 0.05) is 4.90 Å². The Morgan fingerprint density at radius 3 is 2.71 bits per heavy atom. The number of benzene rings is 1. The Bertz CT molecular complexity index is 560. The number of hydrogen-bond donors (Lipinski definition) is 0. The highest BCUT2D eigenvalue weighted by molar-refractivity contribution is 8.01. The number of aromatic nitrogens is 1. The monoisotopic (exact) mass is 282 g/mol. The third-order valence-electron chi connectivity index (χ3n) is 2.00. The molecule has 1 heterocycles. The second-order valence-corrected chi connectivity index (χ2v) is 5.50. The van der Waals surface area contributed by atoms with Crippen molar-refractivity contribution in [3.63, 3.8) is 0 Å². The fourth-order valence-electron chi connectivity index (χ4n) is 1.17. The molecular formula is C11H7ClN2OS2. The van der Waals surface area contributed by atoms with Gasteiger partial charge < -0.3 is 4.74 Å². The van der Waals surface area contributed by atoms with Gasteiger partial charge in [0.25, 0.3) is 0 Å². The lowest BCUT2D eigenvalue weighted by Crippen LogP contribution is -1.81. The Morgan fingerprint density at radius 1 is 1.41 bits per heavy atom. The molecule has 0 unspecified atom stereocenters. The van der Waals surface area contributed by atoms with Gasteiger partial charge in [0.1, 0.15) is 21.6 Å². The first kappa shape index (κ1) is 12.2. The van der Waals surface area contributed by atoms with Crippen molar-refractivity contribution in [2.45, 2.75) is 9.10 Å². The van der Waals surface area contributed by atoms with Crippen LogP contribution in [0.25, 0.3) is 0 Å². The fourth-order valence-corrected chi connectivity index (χ4v) is 3.29. The van der Waals surface area contributed by atoms with Gasteiger partial charge in [0.05, 0.1) is 7.11 Å². The predicted octanol–water partition coefficient (Wildman–Crippen LogP) is 3.83. The van der Waals surface area contributed by atoms with E-state index in [0.717, 1.165) is 14.9 Å². The van der Waals surface area contributed by atoms with Gasteiger partial charge >= 0.3 is 0 Å². The van der Waals surface area contributed by atoms with Crippen molar-refractivity contribution >= 4 is 34.9 Å². The zero-order valence-electron chi connectivity index (χ0n) is 8.81. The lowest BCUT2D eigenvalue weighted by atomic mass is 10.3. The zero-order valence-corrected chi connectivity index (χ0v) is 11.2. The van der Waals surface area contributed by atoms with Crippen molar-refractivity contribution in [2.24, 2.45) is 0 Å². The van der Waals surface area contributed by atoms with Crippen LogP contribution in [0, 0.1) is 11.3 Å². The summed E-state index contributed by atoms with van der Waals surface area (Å²) in [5.41, 5.74) is 0.442. The van der Waals surface area contributed by atoms with E-state index in [1.54, 1.807) is 7.11 Å². The highest BCUT2D eigenvalue weighted by Gasteiger charge is 2.12. The van der Waals surface area contributed by atoms with Crippen LogP contribution in [0.3, 0.4) is 0 Å². The normalized spacial score (nSPS) is 9.94. The number of hydrogen-bond acceptors (Lipinski definition) is 5. The Hall–Kier alpha value is -1.22. The molecule has 0 saturated heterocycles. The molecule has 2 rings (SSSR count). The summed E-state index contributed by atoms with van der Waals surface area (Å²) in [6, 6.07) is 9.66. The third-order valence-corrected chi connectivity index (χ3v) is 4.39. The van der Waals surface area contributed by atoms with E-state index in [1.807, 2.05) is 24.3 Å². The Kier molecular flexibility index (Phi) is 3.89. The van der Waals surface area contributed by atoms with Crippen LogP contribution in [0.5, 0.6) is 5.75 Å². The van der Waals surface area contributed by atoms with Gasteiger partial charge in [-0.05, 0) is 35.8 Å². The summed E-state index contributed by atoms with van der Waals surface area (Å²) in [6.07, 6.45) is 0. The van der Waals surface area contributed by atoms with Crippen molar-refractivity contribution in [1.82, 2.24) is 4.37 Å². The SMILES string of the molecule is COc1ccc(Sc2snc(Cl)c2C#N)cc1. The third kappa shape index (κ3) is 2.72. The number of rotatable bonds is 3. The topological polar surface area (TPSA) is 45.9 Å². The van der Waals surface area contributed by atoms with Gasteiger partial charge in [0.15, 0.2) is 5.15 Å². The molecule has 6 heteroatoms. The highest BCUT2D eigenvalue weighted by atomic mass is 35.5. The summed E-state index contributed by atoms with van der Waals surface area (Å²) in [6.45, 7) is 0. The van der Waals surface area contributed by atoms with E-state index < -0.39 is 0 Å². The van der Waals surface area contributed by atoms with Crippen molar-refractivity contribution in [2.75, 3.05) is 7.11 Å². The van der Waals surface area contributed by atoms with Gasteiger partial charge in [-0.25, -0.2) is 0 Å². The van der Waals surface area contributed by atoms with Crippen molar-refractivity contribution in [3.05, 3.63) is 35.0 Å². The second kappa shape index (κ2) is 5.41. The van der Waals surface area contributed by atoms with Gasteiger partial charge in [0.2, 0.25) is 0 Å². The summed E-state index contributed by atoms with van der Waals surface area (Å²) in [4.78, 5) is 1.02. The first-order valence-corrected chi connectivity index (χ1v) is 6.58. The van der Waals surface area contributed by atoms with Crippen molar-refractivity contribution in [3.8, 4) is 11.8 Å². The quantitative estimate of drug-likeness (QED) is 0.858. The standard InChI is InChI=1S/C11H7ClN2OS2/c1-15-7-2-4-8(5-3-7)16-11-9(6-13)10(12)14-17-11/h2-5H,1H3. The minimum absolute atomic E-state index is 0.272. The number of methoxy groups -OCH3 is 1. The van der Waals surface area contributed by atoms with Gasteiger partial charge in [-0.1, -0.05) is 23.4 Å². The van der Waals surface area contributed by atoms with E-state index in [4.69, 9.17) is 21.6 Å². The molecule has 0 radical (unpaired) electrons. The zero-order chi connectivity index (χ0) is 12.3. The molecule has 0 fully saturated rings. The number of halogens is 1. The van der Waals surface area contributed by atoms with E-state index in [9.17, 15) is 0 Å². The Morgan fingerprint density at radius 2 is 2.12 bits per heavy atom. The molecule has 3 nitrogen and oxygen atoms in total. The van der Waals surface area contributed by atoms with Crippen LogP contribution < -0.4 is 4.74 Å². The molecule has 0 bridgehead atoms. The summed E-state index contributed by atoms with van der Waals surface area (Å²) in [5, 5.41) is 9.22. The molecule has 0 aliphatic rings. The molecule has 17 heavy (non-hydrogen) atoms. The molecule has 0 saturated carbocycles. The van der Waals surface area contributed by atoms with Crippen LogP contribution in [-0.2, 0) is 0 Å². The minimum Gasteiger partial charge on any atom is -0.497 e. The van der Waals surface area contributed by atoms with Crippen LogP contribution in [-0.4, -0.2) is 11.5 Å². The maximum absolute atomic E-state index is 8.95. The first-order valence-electron chi connectivity index (χ1n) is 4.61. The summed E-state index contributed by atoms with van der Waals surface area (Å²) in [7, 11) is 1.62. The molecular weight excluding hydrogens is 276 g/mol. The maximum atomic E-state index is 8.95. The number of ether oxygens (including phenoxy) is 1. The smallest absolute Gasteiger partial charge is 0.161 e. The molecule has 0 aliphatic heterocycles. The van der Waals surface area contributed by atoms with Crippen LogP contribution in [0.2, 0.25) is 5.15 Å². The summed E-state index contributed by atoms with van der Waals surface area (Å²) in [5.74, 6) is 0.803. The minimum atomic E-state index is 0.272. The summed E-state index contributed by atoms with van der Waals surface area (Å²) < 4.78 is 9.84. The van der Waals surface area contributed by atoms with Crippen LogP contribution in [0.1, 0.15) is 5.56 Å². The predicted molar refractivity (Wildman–Crippen MR) is 69.0 cm³/mol. The Labute approximate surface area is 112 Å². The Balaban J connectivity index is 2.23. The molecule has 0 N–H and O–H groups in total. The molecule has 2 aromatic rings. The lowest BCUT2D eigenvalue weighted by Gasteiger charge is -2.01. The van der Waals surface area contributed by atoms with E-state index in [0.29, 0.717) is 5.56 Å². The molecule has 1 aromatic heterocycles. The molecule has 86 valence electrons. The van der Waals surface area contributed by atoms with Gasteiger partial charge in [-0.2, -0.15) is 9.64 Å².